The molecule has 6 heteroatoms. The van der Waals surface area contributed by atoms with E-state index in [0.29, 0.717) is 18.7 Å². The smallest absolute Gasteiger partial charge is 0.253 e. The Labute approximate surface area is 162 Å². The first-order valence-electron chi connectivity index (χ1n) is 9.48. The van der Waals surface area contributed by atoms with Gasteiger partial charge in [-0.3, -0.25) is 9.59 Å². The van der Waals surface area contributed by atoms with Crippen LogP contribution in [0.25, 0.3) is 5.69 Å². The third-order valence-electron chi connectivity index (χ3n) is 5.77. The Kier molecular flexibility index (Phi) is 3.79. The monoisotopic (exact) mass is 372 g/mol. The number of amides is 2. The van der Waals surface area contributed by atoms with E-state index in [-0.39, 0.29) is 11.8 Å². The average molecular weight is 372 g/mol. The van der Waals surface area contributed by atoms with Gasteiger partial charge in [-0.25, -0.2) is 4.68 Å². The van der Waals surface area contributed by atoms with E-state index < -0.39 is 5.41 Å². The summed E-state index contributed by atoms with van der Waals surface area (Å²) in [5.74, 6) is -0.0539. The standard InChI is InChI=1S/C22H20N4O2/c27-20(16-6-3-7-17(14-16)26-13-5-11-23-26)25-12-4-10-22(15-25)18-8-1-2-9-19(18)24-21(22)28/h1-3,5-9,11,13-14H,4,10,12,15H2,(H,24,28)/t22-/m1/s1. The number of benzene rings is 2. The highest BCUT2D eigenvalue weighted by atomic mass is 16.2. The van der Waals surface area contributed by atoms with E-state index in [1.165, 1.54) is 0 Å². The summed E-state index contributed by atoms with van der Waals surface area (Å²) < 4.78 is 1.73. The molecule has 140 valence electrons. The number of carbonyl (C=O) groups excluding carboxylic acids is 2. The van der Waals surface area contributed by atoms with Gasteiger partial charge in [-0.15, -0.1) is 0 Å². The minimum absolute atomic E-state index is 0.00325. The predicted octanol–water partition coefficient (Wildman–Crippen LogP) is 3.00. The first kappa shape index (κ1) is 16.7. The molecule has 2 amide bonds. The largest absolute Gasteiger partial charge is 0.337 e. The maximum atomic E-state index is 13.2. The van der Waals surface area contributed by atoms with Gasteiger partial charge in [-0.1, -0.05) is 24.3 Å². The third-order valence-corrected chi connectivity index (χ3v) is 5.77. The van der Waals surface area contributed by atoms with Crippen LogP contribution < -0.4 is 5.32 Å². The Morgan fingerprint density at radius 2 is 2.00 bits per heavy atom. The topological polar surface area (TPSA) is 67.2 Å². The summed E-state index contributed by atoms with van der Waals surface area (Å²) >= 11 is 0. The number of hydrogen-bond acceptors (Lipinski definition) is 3. The van der Waals surface area contributed by atoms with Crippen LogP contribution in [0.2, 0.25) is 0 Å². The van der Waals surface area contributed by atoms with Crippen LogP contribution in [-0.2, 0) is 10.2 Å². The van der Waals surface area contributed by atoms with E-state index in [4.69, 9.17) is 0 Å². The van der Waals surface area contributed by atoms with E-state index in [0.717, 1.165) is 29.8 Å². The molecule has 2 aliphatic heterocycles. The summed E-state index contributed by atoms with van der Waals surface area (Å²) in [5.41, 5.74) is 2.66. The number of carbonyl (C=O) groups is 2. The molecule has 0 saturated carbocycles. The van der Waals surface area contributed by atoms with Crippen molar-refractivity contribution in [3.8, 4) is 5.69 Å². The normalized spacial score (nSPS) is 20.9. The SMILES string of the molecule is O=C(c1cccc(-n2cccn2)c1)N1CCC[C@]2(C1)C(=O)Nc1ccccc12. The Bertz CT molecular complexity index is 1060. The summed E-state index contributed by atoms with van der Waals surface area (Å²) in [4.78, 5) is 27.9. The van der Waals surface area contributed by atoms with Crippen LogP contribution in [-0.4, -0.2) is 39.6 Å². The van der Waals surface area contributed by atoms with Crippen molar-refractivity contribution in [2.75, 3.05) is 18.4 Å². The average Bonchev–Trinajstić information content (AvgIpc) is 3.36. The highest BCUT2D eigenvalue weighted by molar-refractivity contribution is 6.07. The van der Waals surface area contributed by atoms with E-state index in [9.17, 15) is 9.59 Å². The molecule has 1 fully saturated rings. The number of fused-ring (bicyclic) bond motifs is 2. The lowest BCUT2D eigenvalue weighted by Crippen LogP contribution is -2.51. The van der Waals surface area contributed by atoms with Crippen LogP contribution in [0.3, 0.4) is 0 Å². The summed E-state index contributed by atoms with van der Waals surface area (Å²) in [5, 5.41) is 7.23. The lowest BCUT2D eigenvalue weighted by atomic mass is 9.75. The summed E-state index contributed by atoms with van der Waals surface area (Å²) in [6.07, 6.45) is 5.11. The summed E-state index contributed by atoms with van der Waals surface area (Å²) in [7, 11) is 0. The third kappa shape index (κ3) is 2.52. The molecule has 0 bridgehead atoms. The van der Waals surface area contributed by atoms with Gasteiger partial charge in [0.1, 0.15) is 0 Å². The van der Waals surface area contributed by atoms with Crippen LogP contribution in [0.4, 0.5) is 5.69 Å². The molecule has 3 aromatic rings. The molecule has 2 aliphatic rings. The van der Waals surface area contributed by atoms with Crippen molar-refractivity contribution in [3.05, 3.63) is 78.1 Å². The predicted molar refractivity (Wildman–Crippen MR) is 105 cm³/mol. The minimum atomic E-state index is -0.649. The number of rotatable bonds is 2. The molecule has 1 atom stereocenters. The van der Waals surface area contributed by atoms with Gasteiger partial charge in [-0.05, 0) is 48.7 Å². The zero-order valence-corrected chi connectivity index (χ0v) is 15.3. The minimum Gasteiger partial charge on any atom is -0.337 e. The Morgan fingerprint density at radius 1 is 1.11 bits per heavy atom. The number of nitrogens with one attached hydrogen (secondary N) is 1. The van der Waals surface area contributed by atoms with Crippen LogP contribution >= 0.6 is 0 Å². The van der Waals surface area contributed by atoms with Crippen molar-refractivity contribution in [3.63, 3.8) is 0 Å². The van der Waals surface area contributed by atoms with Crippen molar-refractivity contribution in [1.82, 2.24) is 14.7 Å². The number of likely N-dealkylation sites (tertiary alicyclic amines) is 1. The maximum Gasteiger partial charge on any atom is 0.253 e. The number of piperidine rings is 1. The second kappa shape index (κ2) is 6.34. The molecule has 1 N–H and O–H groups in total. The number of hydrogen-bond donors (Lipinski definition) is 1. The van der Waals surface area contributed by atoms with Crippen molar-refractivity contribution in [2.45, 2.75) is 18.3 Å². The van der Waals surface area contributed by atoms with E-state index in [1.807, 2.05) is 65.7 Å². The molecule has 0 unspecified atom stereocenters. The van der Waals surface area contributed by atoms with E-state index in [1.54, 1.807) is 10.9 Å². The van der Waals surface area contributed by atoms with Crippen molar-refractivity contribution < 1.29 is 9.59 Å². The molecule has 1 saturated heterocycles. The molecule has 5 rings (SSSR count). The van der Waals surface area contributed by atoms with Gasteiger partial charge in [-0.2, -0.15) is 5.10 Å². The van der Waals surface area contributed by atoms with E-state index in [2.05, 4.69) is 10.4 Å². The van der Waals surface area contributed by atoms with Crippen LogP contribution in [0.5, 0.6) is 0 Å². The molecule has 0 aliphatic carbocycles. The van der Waals surface area contributed by atoms with Crippen molar-refractivity contribution >= 4 is 17.5 Å². The number of anilines is 1. The fourth-order valence-corrected chi connectivity index (χ4v) is 4.39. The van der Waals surface area contributed by atoms with Gasteiger partial charge in [0, 0.05) is 36.7 Å². The molecule has 0 radical (unpaired) electrons. The highest BCUT2D eigenvalue weighted by Crippen LogP contribution is 2.43. The molecule has 6 nitrogen and oxygen atoms in total. The second-order valence-corrected chi connectivity index (χ2v) is 7.41. The van der Waals surface area contributed by atoms with Gasteiger partial charge in [0.05, 0.1) is 11.1 Å². The van der Waals surface area contributed by atoms with Gasteiger partial charge in [0.25, 0.3) is 5.91 Å². The number of nitrogens with zero attached hydrogens (tertiary/aromatic N) is 3. The van der Waals surface area contributed by atoms with E-state index >= 15 is 0 Å². The highest BCUT2D eigenvalue weighted by Gasteiger charge is 2.49. The number of aromatic nitrogens is 2. The van der Waals surface area contributed by atoms with Gasteiger partial charge in [0.2, 0.25) is 5.91 Å². The Hall–Kier alpha value is -3.41. The maximum absolute atomic E-state index is 13.2. The van der Waals surface area contributed by atoms with Crippen LogP contribution in [0, 0.1) is 0 Å². The molecular formula is C22H20N4O2. The summed E-state index contributed by atoms with van der Waals surface area (Å²) in [6.45, 7) is 1.06. The molecule has 1 aromatic heterocycles. The van der Waals surface area contributed by atoms with Gasteiger partial charge >= 0.3 is 0 Å². The van der Waals surface area contributed by atoms with Gasteiger partial charge in [0.15, 0.2) is 0 Å². The zero-order chi connectivity index (χ0) is 19.1. The molecule has 28 heavy (non-hydrogen) atoms. The quantitative estimate of drug-likeness (QED) is 0.752. The first-order valence-corrected chi connectivity index (χ1v) is 9.48. The summed E-state index contributed by atoms with van der Waals surface area (Å²) in [6, 6.07) is 17.1. The van der Waals surface area contributed by atoms with Crippen molar-refractivity contribution in [1.29, 1.82) is 0 Å². The van der Waals surface area contributed by atoms with Crippen LogP contribution in [0.1, 0.15) is 28.8 Å². The second-order valence-electron chi connectivity index (χ2n) is 7.41. The van der Waals surface area contributed by atoms with Crippen LogP contribution in [0.15, 0.2) is 67.0 Å². The molecule has 3 heterocycles. The fourth-order valence-electron chi connectivity index (χ4n) is 4.39. The Morgan fingerprint density at radius 3 is 2.86 bits per heavy atom. The van der Waals surface area contributed by atoms with Crippen molar-refractivity contribution in [2.24, 2.45) is 0 Å². The van der Waals surface area contributed by atoms with Gasteiger partial charge < -0.3 is 10.2 Å². The lowest BCUT2D eigenvalue weighted by molar-refractivity contribution is -0.122. The number of para-hydroxylation sites is 1. The lowest BCUT2D eigenvalue weighted by Gasteiger charge is -2.39. The molecule has 2 aromatic carbocycles. The fraction of sp³-hybridized carbons (Fsp3) is 0.227. The molecular weight excluding hydrogens is 352 g/mol. The molecule has 1 spiro atoms. The zero-order valence-electron chi connectivity index (χ0n) is 15.3. The first-order chi connectivity index (χ1) is 13.7. The Balaban J connectivity index is 1.46.